The van der Waals surface area contributed by atoms with E-state index in [0.717, 1.165) is 0 Å². The highest BCUT2D eigenvalue weighted by molar-refractivity contribution is 7.98. The fourth-order valence-corrected chi connectivity index (χ4v) is 2.66. The van der Waals surface area contributed by atoms with E-state index in [9.17, 15) is 13.6 Å². The minimum atomic E-state index is -0.938. The van der Waals surface area contributed by atoms with Crippen LogP contribution >= 0.6 is 11.8 Å². The van der Waals surface area contributed by atoms with E-state index < -0.39 is 29.6 Å². The number of halogens is 2. The molecule has 1 aromatic rings. The third-order valence-electron chi connectivity index (χ3n) is 3.14. The molecule has 1 heterocycles. The number of nitrogens with one attached hydrogen (secondary N) is 1. The number of carboxylic acid groups (broad SMARTS) is 1. The summed E-state index contributed by atoms with van der Waals surface area (Å²) in [5, 5.41) is 11.8. The fourth-order valence-electron chi connectivity index (χ4n) is 2.17. The van der Waals surface area contributed by atoms with Gasteiger partial charge in [-0.2, -0.15) is 0 Å². The van der Waals surface area contributed by atoms with Crippen LogP contribution in [0.2, 0.25) is 0 Å². The van der Waals surface area contributed by atoms with E-state index in [4.69, 9.17) is 5.11 Å². The van der Waals surface area contributed by atoms with Crippen LogP contribution in [0.25, 0.3) is 0 Å². The first-order valence-electron chi connectivity index (χ1n) is 5.52. The van der Waals surface area contributed by atoms with Crippen LogP contribution < -0.4 is 5.32 Å². The minimum absolute atomic E-state index is 0.0504. The Bertz CT molecular complexity index is 481. The zero-order valence-corrected chi connectivity index (χ0v) is 10.6. The molecular weight excluding hydrogens is 260 g/mol. The van der Waals surface area contributed by atoms with Gasteiger partial charge in [0.1, 0.15) is 11.6 Å². The van der Waals surface area contributed by atoms with Gasteiger partial charge < -0.3 is 10.4 Å². The lowest BCUT2D eigenvalue weighted by Crippen LogP contribution is -2.18. The van der Waals surface area contributed by atoms with Crippen molar-refractivity contribution in [2.45, 2.75) is 17.4 Å². The Labute approximate surface area is 108 Å². The predicted molar refractivity (Wildman–Crippen MR) is 64.6 cm³/mol. The number of hydrogen-bond donors (Lipinski definition) is 2. The molecule has 0 radical (unpaired) electrons. The molecule has 1 aromatic carbocycles. The average molecular weight is 273 g/mol. The average Bonchev–Trinajstić information content (AvgIpc) is 2.79. The van der Waals surface area contributed by atoms with Gasteiger partial charge in [0, 0.05) is 23.0 Å². The summed E-state index contributed by atoms with van der Waals surface area (Å²) in [6.45, 7) is 0.238. The number of rotatable bonds is 3. The van der Waals surface area contributed by atoms with Crippen molar-refractivity contribution in [1.29, 1.82) is 0 Å². The molecule has 0 saturated carbocycles. The Morgan fingerprint density at radius 2 is 2.22 bits per heavy atom. The van der Waals surface area contributed by atoms with E-state index in [2.05, 4.69) is 5.32 Å². The molecule has 0 aromatic heterocycles. The van der Waals surface area contributed by atoms with Crippen LogP contribution in [0.15, 0.2) is 17.0 Å². The highest BCUT2D eigenvalue weighted by Gasteiger charge is 2.33. The molecule has 1 saturated heterocycles. The number of thioether (sulfide) groups is 1. The zero-order chi connectivity index (χ0) is 13.3. The van der Waals surface area contributed by atoms with Crippen molar-refractivity contribution in [1.82, 2.24) is 5.32 Å². The van der Waals surface area contributed by atoms with Gasteiger partial charge in [0.2, 0.25) is 0 Å². The molecule has 1 aliphatic heterocycles. The summed E-state index contributed by atoms with van der Waals surface area (Å²) in [7, 11) is 0. The molecule has 6 heteroatoms. The topological polar surface area (TPSA) is 49.3 Å². The van der Waals surface area contributed by atoms with Crippen molar-refractivity contribution in [2.24, 2.45) is 5.92 Å². The number of hydrogen-bond acceptors (Lipinski definition) is 3. The van der Waals surface area contributed by atoms with Gasteiger partial charge in [-0.05, 0) is 24.8 Å². The van der Waals surface area contributed by atoms with Gasteiger partial charge in [-0.15, -0.1) is 11.8 Å². The van der Waals surface area contributed by atoms with Crippen LogP contribution in [0.5, 0.6) is 0 Å². The maximum absolute atomic E-state index is 14.1. The third kappa shape index (κ3) is 2.35. The van der Waals surface area contributed by atoms with Crippen molar-refractivity contribution in [3.63, 3.8) is 0 Å². The Morgan fingerprint density at radius 3 is 2.78 bits per heavy atom. The SMILES string of the molecule is CSc1ccc(F)c(C2CC(C(=O)O)CN2)c1F. The lowest BCUT2D eigenvalue weighted by Gasteiger charge is -2.14. The number of benzene rings is 1. The van der Waals surface area contributed by atoms with Crippen LogP contribution in [0.4, 0.5) is 8.78 Å². The van der Waals surface area contributed by atoms with Crippen LogP contribution in [0, 0.1) is 17.6 Å². The first-order chi connectivity index (χ1) is 8.54. The summed E-state index contributed by atoms with van der Waals surface area (Å²) < 4.78 is 27.8. The van der Waals surface area contributed by atoms with Gasteiger partial charge >= 0.3 is 5.97 Å². The van der Waals surface area contributed by atoms with Gasteiger partial charge in [-0.3, -0.25) is 4.79 Å². The molecule has 98 valence electrons. The van der Waals surface area contributed by atoms with Crippen molar-refractivity contribution < 1.29 is 18.7 Å². The van der Waals surface area contributed by atoms with E-state index in [1.165, 1.54) is 23.9 Å². The number of carboxylic acids is 1. The molecule has 2 unspecified atom stereocenters. The largest absolute Gasteiger partial charge is 0.481 e. The summed E-state index contributed by atoms with van der Waals surface area (Å²) in [6.07, 6.45) is 1.92. The van der Waals surface area contributed by atoms with Crippen LogP contribution in [-0.2, 0) is 4.79 Å². The van der Waals surface area contributed by atoms with E-state index >= 15 is 0 Å². The molecule has 2 N–H and O–H groups in total. The summed E-state index contributed by atoms with van der Waals surface area (Å²) in [6, 6.07) is 2.04. The van der Waals surface area contributed by atoms with Gasteiger partial charge in [-0.25, -0.2) is 8.78 Å². The fraction of sp³-hybridized carbons (Fsp3) is 0.417. The van der Waals surface area contributed by atoms with E-state index in [1.807, 2.05) is 0 Å². The van der Waals surface area contributed by atoms with E-state index in [0.29, 0.717) is 4.90 Å². The van der Waals surface area contributed by atoms with Crippen LogP contribution in [-0.4, -0.2) is 23.9 Å². The van der Waals surface area contributed by atoms with Gasteiger partial charge in [0.25, 0.3) is 0 Å². The quantitative estimate of drug-likeness (QED) is 0.830. The van der Waals surface area contributed by atoms with Crippen LogP contribution in [0.1, 0.15) is 18.0 Å². The summed E-state index contributed by atoms with van der Waals surface area (Å²) in [5.41, 5.74) is -0.0504. The Balaban J connectivity index is 2.32. The summed E-state index contributed by atoms with van der Waals surface area (Å²) in [4.78, 5) is 11.2. The third-order valence-corrected chi connectivity index (χ3v) is 3.89. The molecule has 2 rings (SSSR count). The second-order valence-corrected chi connectivity index (χ2v) is 5.06. The highest BCUT2D eigenvalue weighted by atomic mass is 32.2. The maximum atomic E-state index is 14.1. The number of carbonyl (C=O) groups is 1. The van der Waals surface area contributed by atoms with Crippen molar-refractivity contribution in [3.05, 3.63) is 29.3 Å². The zero-order valence-electron chi connectivity index (χ0n) is 9.74. The Hall–Kier alpha value is -1.14. The molecular formula is C12H13F2NO2S. The molecule has 3 nitrogen and oxygen atoms in total. The van der Waals surface area contributed by atoms with E-state index in [1.54, 1.807) is 6.26 Å². The normalized spacial score (nSPS) is 23.3. The molecule has 0 aliphatic carbocycles. The monoisotopic (exact) mass is 273 g/mol. The molecule has 1 fully saturated rings. The maximum Gasteiger partial charge on any atom is 0.307 e. The van der Waals surface area contributed by atoms with Gasteiger partial charge in [0.05, 0.1) is 5.92 Å². The van der Waals surface area contributed by atoms with Crippen molar-refractivity contribution >= 4 is 17.7 Å². The predicted octanol–water partition coefficient (Wildman–Crippen LogP) is 2.42. The standard InChI is InChI=1S/C12H13F2NO2S/c1-18-9-3-2-7(13)10(11(9)14)8-4-6(5-15-8)12(16)17/h2-3,6,8,15H,4-5H2,1H3,(H,16,17). The summed E-state index contributed by atoms with van der Waals surface area (Å²) >= 11 is 1.20. The Kier molecular flexibility index (Phi) is 3.87. The van der Waals surface area contributed by atoms with E-state index in [-0.39, 0.29) is 18.5 Å². The minimum Gasteiger partial charge on any atom is -0.481 e. The van der Waals surface area contributed by atoms with Crippen LogP contribution in [0.3, 0.4) is 0 Å². The van der Waals surface area contributed by atoms with Crippen molar-refractivity contribution in [2.75, 3.05) is 12.8 Å². The second kappa shape index (κ2) is 5.24. The second-order valence-electron chi connectivity index (χ2n) is 4.21. The smallest absolute Gasteiger partial charge is 0.307 e. The van der Waals surface area contributed by atoms with Crippen molar-refractivity contribution in [3.8, 4) is 0 Å². The molecule has 0 spiro atoms. The summed E-state index contributed by atoms with van der Waals surface area (Å²) in [5.74, 6) is -2.75. The molecule has 1 aliphatic rings. The molecule has 2 atom stereocenters. The lowest BCUT2D eigenvalue weighted by molar-refractivity contribution is -0.141. The molecule has 18 heavy (non-hydrogen) atoms. The van der Waals surface area contributed by atoms with Gasteiger partial charge in [0.15, 0.2) is 0 Å². The first kappa shape index (κ1) is 13.3. The number of aliphatic carboxylic acids is 1. The molecule has 0 amide bonds. The van der Waals surface area contributed by atoms with Gasteiger partial charge in [-0.1, -0.05) is 0 Å². The lowest BCUT2D eigenvalue weighted by atomic mass is 9.99. The molecule has 0 bridgehead atoms. The Morgan fingerprint density at radius 1 is 1.50 bits per heavy atom. The highest BCUT2D eigenvalue weighted by Crippen LogP contribution is 2.34. The first-order valence-corrected chi connectivity index (χ1v) is 6.75.